The first-order valence-corrected chi connectivity index (χ1v) is 5.44. The van der Waals surface area contributed by atoms with Crippen LogP contribution in [0.1, 0.15) is 33.6 Å². The third-order valence-corrected chi connectivity index (χ3v) is 2.52. The molecule has 0 bridgehead atoms. The number of nitrogens with two attached hydrogens (primary N) is 1. The van der Waals surface area contributed by atoms with Gasteiger partial charge in [0, 0.05) is 12.7 Å². The topological polar surface area (TPSA) is 38.0 Å². The standard InChI is InChI=1S/C12H24N2/c1-5-7-12(14-4)11(6-2)10(3)8-9-13/h5,7,10,14H,6,8-9,13H2,1-4H3/b7-5-,12-11-. The molecular weight excluding hydrogens is 172 g/mol. The molecule has 14 heavy (non-hydrogen) atoms. The molecule has 1 atom stereocenters. The Morgan fingerprint density at radius 1 is 1.50 bits per heavy atom. The Labute approximate surface area is 88.3 Å². The Balaban J connectivity index is 4.76. The van der Waals surface area contributed by atoms with E-state index in [1.165, 1.54) is 11.3 Å². The molecule has 0 aliphatic carbocycles. The van der Waals surface area contributed by atoms with Crippen LogP contribution in [0.2, 0.25) is 0 Å². The third kappa shape index (κ3) is 3.97. The second-order valence-corrected chi connectivity index (χ2v) is 3.52. The van der Waals surface area contributed by atoms with E-state index in [-0.39, 0.29) is 0 Å². The van der Waals surface area contributed by atoms with Crippen molar-refractivity contribution >= 4 is 0 Å². The van der Waals surface area contributed by atoms with Gasteiger partial charge in [-0.25, -0.2) is 0 Å². The van der Waals surface area contributed by atoms with E-state index in [9.17, 15) is 0 Å². The van der Waals surface area contributed by atoms with Gasteiger partial charge in [0.1, 0.15) is 0 Å². The lowest BCUT2D eigenvalue weighted by atomic mass is 9.93. The van der Waals surface area contributed by atoms with Crippen molar-refractivity contribution < 1.29 is 0 Å². The van der Waals surface area contributed by atoms with Crippen LogP contribution in [0.5, 0.6) is 0 Å². The highest BCUT2D eigenvalue weighted by atomic mass is 14.8. The molecule has 2 nitrogen and oxygen atoms in total. The number of allylic oxidation sites excluding steroid dienone is 3. The normalized spacial score (nSPS) is 15.5. The van der Waals surface area contributed by atoms with Crippen molar-refractivity contribution in [2.45, 2.75) is 33.6 Å². The highest BCUT2D eigenvalue weighted by Gasteiger charge is 2.09. The van der Waals surface area contributed by atoms with Crippen LogP contribution in [0, 0.1) is 5.92 Å². The Bertz CT molecular complexity index is 204. The maximum atomic E-state index is 5.58. The monoisotopic (exact) mass is 196 g/mol. The van der Waals surface area contributed by atoms with Crippen LogP contribution in [0.3, 0.4) is 0 Å². The SMILES string of the molecule is C/C=C\C(NC)=C(/CC)C(C)CCN. The van der Waals surface area contributed by atoms with Gasteiger partial charge in [0.25, 0.3) is 0 Å². The van der Waals surface area contributed by atoms with Crippen LogP contribution in [-0.2, 0) is 0 Å². The third-order valence-electron chi connectivity index (χ3n) is 2.52. The van der Waals surface area contributed by atoms with Crippen molar-refractivity contribution in [3.63, 3.8) is 0 Å². The van der Waals surface area contributed by atoms with E-state index in [0.717, 1.165) is 19.4 Å². The Morgan fingerprint density at radius 2 is 2.14 bits per heavy atom. The number of hydrogen-bond acceptors (Lipinski definition) is 2. The largest absolute Gasteiger partial charge is 0.388 e. The minimum absolute atomic E-state index is 0.573. The van der Waals surface area contributed by atoms with Crippen molar-refractivity contribution in [2.75, 3.05) is 13.6 Å². The average molecular weight is 196 g/mol. The molecule has 0 aromatic carbocycles. The summed E-state index contributed by atoms with van der Waals surface area (Å²) in [4.78, 5) is 0. The van der Waals surface area contributed by atoms with Gasteiger partial charge in [0.15, 0.2) is 0 Å². The van der Waals surface area contributed by atoms with Gasteiger partial charge in [-0.1, -0.05) is 19.9 Å². The molecule has 0 aliphatic heterocycles. The molecular formula is C12H24N2. The summed E-state index contributed by atoms with van der Waals surface area (Å²) in [6.07, 6.45) is 6.34. The lowest BCUT2D eigenvalue weighted by Crippen LogP contribution is -2.14. The number of likely N-dealkylation sites (N-methyl/N-ethyl adjacent to an activating group) is 1. The maximum absolute atomic E-state index is 5.58. The Morgan fingerprint density at radius 3 is 2.50 bits per heavy atom. The molecule has 0 aromatic heterocycles. The summed E-state index contributed by atoms with van der Waals surface area (Å²) in [7, 11) is 1.97. The fraction of sp³-hybridized carbons (Fsp3) is 0.667. The van der Waals surface area contributed by atoms with Gasteiger partial charge in [-0.05, 0) is 43.9 Å². The quantitative estimate of drug-likeness (QED) is 0.640. The molecule has 0 spiro atoms. The molecule has 0 saturated carbocycles. The van der Waals surface area contributed by atoms with Crippen molar-refractivity contribution in [3.05, 3.63) is 23.4 Å². The van der Waals surface area contributed by atoms with Crippen molar-refractivity contribution in [2.24, 2.45) is 11.7 Å². The zero-order valence-electron chi connectivity index (χ0n) is 9.93. The second-order valence-electron chi connectivity index (χ2n) is 3.52. The molecule has 82 valence electrons. The summed E-state index contributed by atoms with van der Waals surface area (Å²) in [5.41, 5.74) is 8.29. The zero-order chi connectivity index (χ0) is 11.0. The van der Waals surface area contributed by atoms with E-state index in [1.807, 2.05) is 14.0 Å². The predicted octanol–water partition coefficient (Wildman–Crippen LogP) is 2.43. The number of rotatable bonds is 6. The highest BCUT2D eigenvalue weighted by Crippen LogP contribution is 2.20. The summed E-state index contributed by atoms with van der Waals surface area (Å²) in [6, 6.07) is 0. The smallest absolute Gasteiger partial charge is 0.0328 e. The molecule has 0 rings (SSSR count). The molecule has 0 fully saturated rings. The summed E-state index contributed by atoms with van der Waals surface area (Å²) in [5, 5.41) is 3.25. The minimum atomic E-state index is 0.573. The van der Waals surface area contributed by atoms with Crippen LogP contribution >= 0.6 is 0 Å². The van der Waals surface area contributed by atoms with E-state index in [1.54, 1.807) is 0 Å². The average Bonchev–Trinajstić information content (AvgIpc) is 2.18. The summed E-state index contributed by atoms with van der Waals surface area (Å²) in [6.45, 7) is 7.24. The summed E-state index contributed by atoms with van der Waals surface area (Å²) < 4.78 is 0. The van der Waals surface area contributed by atoms with Crippen molar-refractivity contribution in [1.29, 1.82) is 0 Å². The van der Waals surface area contributed by atoms with Gasteiger partial charge < -0.3 is 11.1 Å². The Kier molecular flexibility index (Phi) is 7.21. The van der Waals surface area contributed by atoms with Crippen molar-refractivity contribution in [3.8, 4) is 0 Å². The van der Waals surface area contributed by atoms with Gasteiger partial charge in [-0.2, -0.15) is 0 Å². The molecule has 2 heteroatoms. The lowest BCUT2D eigenvalue weighted by Gasteiger charge is -2.17. The molecule has 0 amide bonds. The summed E-state index contributed by atoms with van der Waals surface area (Å²) in [5.74, 6) is 0.573. The van der Waals surface area contributed by atoms with E-state index in [0.29, 0.717) is 5.92 Å². The number of nitrogens with one attached hydrogen (secondary N) is 1. The fourth-order valence-corrected chi connectivity index (χ4v) is 1.75. The maximum Gasteiger partial charge on any atom is 0.0328 e. The lowest BCUT2D eigenvalue weighted by molar-refractivity contribution is 0.595. The van der Waals surface area contributed by atoms with Crippen LogP contribution in [0.4, 0.5) is 0 Å². The Hall–Kier alpha value is -0.760. The van der Waals surface area contributed by atoms with Gasteiger partial charge in [-0.15, -0.1) is 0 Å². The fourth-order valence-electron chi connectivity index (χ4n) is 1.75. The van der Waals surface area contributed by atoms with Gasteiger partial charge >= 0.3 is 0 Å². The molecule has 0 aliphatic rings. The molecule has 0 aromatic rings. The molecule has 1 unspecified atom stereocenters. The molecule has 0 saturated heterocycles. The van der Waals surface area contributed by atoms with Crippen LogP contribution in [0.25, 0.3) is 0 Å². The van der Waals surface area contributed by atoms with E-state index in [4.69, 9.17) is 5.73 Å². The van der Waals surface area contributed by atoms with E-state index >= 15 is 0 Å². The van der Waals surface area contributed by atoms with E-state index < -0.39 is 0 Å². The predicted molar refractivity (Wildman–Crippen MR) is 64.0 cm³/mol. The first kappa shape index (κ1) is 13.2. The summed E-state index contributed by atoms with van der Waals surface area (Å²) >= 11 is 0. The number of hydrogen-bond donors (Lipinski definition) is 2. The van der Waals surface area contributed by atoms with Crippen LogP contribution in [-0.4, -0.2) is 13.6 Å². The van der Waals surface area contributed by atoms with E-state index in [2.05, 4.69) is 31.3 Å². The first-order chi connectivity index (χ1) is 6.71. The zero-order valence-corrected chi connectivity index (χ0v) is 9.93. The molecule has 0 heterocycles. The minimum Gasteiger partial charge on any atom is -0.388 e. The second kappa shape index (κ2) is 7.63. The van der Waals surface area contributed by atoms with Crippen LogP contribution in [0.15, 0.2) is 23.4 Å². The first-order valence-electron chi connectivity index (χ1n) is 5.44. The van der Waals surface area contributed by atoms with Gasteiger partial charge in [0.05, 0.1) is 0 Å². The molecule has 3 N–H and O–H groups in total. The van der Waals surface area contributed by atoms with Gasteiger partial charge in [-0.3, -0.25) is 0 Å². The molecule has 0 radical (unpaired) electrons. The van der Waals surface area contributed by atoms with Crippen LogP contribution < -0.4 is 11.1 Å². The van der Waals surface area contributed by atoms with Crippen molar-refractivity contribution in [1.82, 2.24) is 5.32 Å². The van der Waals surface area contributed by atoms with Gasteiger partial charge in [0.2, 0.25) is 0 Å². The highest BCUT2D eigenvalue weighted by molar-refractivity contribution is 5.25.